The van der Waals surface area contributed by atoms with Crippen LogP contribution in [0.25, 0.3) is 0 Å². The minimum Gasteiger partial charge on any atom is -0.377 e. The third-order valence-corrected chi connectivity index (χ3v) is 1.06. The Morgan fingerprint density at radius 3 is 2.78 bits per heavy atom. The first-order chi connectivity index (χ1) is 4.27. The maximum atomic E-state index is 8.57. The van der Waals surface area contributed by atoms with Crippen LogP contribution in [-0.4, -0.2) is 24.4 Å². The Hall–Kier alpha value is -0.120. The van der Waals surface area contributed by atoms with Crippen LogP contribution in [0.4, 0.5) is 0 Å². The zero-order valence-corrected chi connectivity index (χ0v) is 5.93. The van der Waals surface area contributed by atoms with Gasteiger partial charge in [-0.15, -0.1) is 0 Å². The number of unbranched alkanes of at least 4 members (excludes halogenated alkanes) is 1. The van der Waals surface area contributed by atoms with Crippen LogP contribution in [0.1, 0.15) is 19.8 Å². The summed E-state index contributed by atoms with van der Waals surface area (Å²) in [5.41, 5.74) is 5.07. The van der Waals surface area contributed by atoms with Crippen molar-refractivity contribution >= 4 is 0 Å². The van der Waals surface area contributed by atoms with Crippen LogP contribution in [0, 0.1) is 0 Å². The molecule has 0 aromatic rings. The molecule has 0 aliphatic carbocycles. The predicted molar refractivity (Wildman–Crippen MR) is 38.0 cm³/mol. The van der Waals surface area contributed by atoms with Crippen molar-refractivity contribution in [3.05, 3.63) is 0 Å². The summed E-state index contributed by atoms with van der Waals surface area (Å²) in [6.07, 6.45) is 1.61. The van der Waals surface area contributed by atoms with Crippen LogP contribution in [0.2, 0.25) is 0 Å². The van der Waals surface area contributed by atoms with E-state index in [9.17, 15) is 0 Å². The minimum atomic E-state index is -0.707. The average molecular weight is 132 g/mol. The number of nitrogens with two attached hydrogens (primary N) is 1. The molecule has 1 atom stereocenters. The van der Waals surface area contributed by atoms with Crippen molar-refractivity contribution in [2.45, 2.75) is 26.0 Å². The molecule has 3 nitrogen and oxygen atoms in total. The quantitative estimate of drug-likeness (QED) is 0.354. The van der Waals surface area contributed by atoms with E-state index in [0.717, 1.165) is 13.0 Å². The predicted octanol–water partition coefficient (Wildman–Crippen LogP) is -0.347. The van der Waals surface area contributed by atoms with Gasteiger partial charge in [0.25, 0.3) is 0 Å². The summed E-state index contributed by atoms with van der Waals surface area (Å²) in [4.78, 5) is 0. The standard InChI is InChI=1S/C6H16N2O/c1-2-3-4-8-5-6(7)9/h6,8-9H,2-5,7H2,1H3. The average Bonchev–Trinajstić information content (AvgIpc) is 1.80. The molecule has 3 heteroatoms. The second-order valence-corrected chi connectivity index (χ2v) is 2.13. The lowest BCUT2D eigenvalue weighted by molar-refractivity contribution is 0.179. The Labute approximate surface area is 56.2 Å². The topological polar surface area (TPSA) is 58.3 Å². The highest BCUT2D eigenvalue weighted by atomic mass is 16.3. The molecule has 0 spiro atoms. The number of hydrogen-bond acceptors (Lipinski definition) is 3. The van der Waals surface area contributed by atoms with Crippen molar-refractivity contribution < 1.29 is 5.11 Å². The molecule has 0 bridgehead atoms. The highest BCUT2D eigenvalue weighted by molar-refractivity contribution is 4.49. The maximum Gasteiger partial charge on any atom is 0.115 e. The van der Waals surface area contributed by atoms with E-state index in [1.807, 2.05) is 0 Å². The van der Waals surface area contributed by atoms with Gasteiger partial charge in [-0.3, -0.25) is 0 Å². The summed E-state index contributed by atoms with van der Waals surface area (Å²) in [5, 5.41) is 11.6. The van der Waals surface area contributed by atoms with Gasteiger partial charge < -0.3 is 16.2 Å². The van der Waals surface area contributed by atoms with Gasteiger partial charge >= 0.3 is 0 Å². The summed E-state index contributed by atoms with van der Waals surface area (Å²) in [6, 6.07) is 0. The molecule has 0 fully saturated rings. The second kappa shape index (κ2) is 6.01. The van der Waals surface area contributed by atoms with E-state index in [1.165, 1.54) is 6.42 Å². The van der Waals surface area contributed by atoms with Crippen LogP contribution in [0.15, 0.2) is 0 Å². The van der Waals surface area contributed by atoms with E-state index >= 15 is 0 Å². The molecule has 4 N–H and O–H groups in total. The molecule has 0 aromatic carbocycles. The summed E-state index contributed by atoms with van der Waals surface area (Å²) in [6.45, 7) is 3.57. The molecule has 0 aliphatic rings. The largest absolute Gasteiger partial charge is 0.377 e. The first-order valence-corrected chi connectivity index (χ1v) is 3.41. The van der Waals surface area contributed by atoms with E-state index in [4.69, 9.17) is 10.8 Å². The van der Waals surface area contributed by atoms with Crippen LogP contribution in [0.5, 0.6) is 0 Å². The first-order valence-electron chi connectivity index (χ1n) is 3.41. The van der Waals surface area contributed by atoms with Crippen molar-refractivity contribution in [3.8, 4) is 0 Å². The molecule has 0 heterocycles. The molecule has 0 aliphatic heterocycles. The van der Waals surface area contributed by atoms with Crippen molar-refractivity contribution in [2.24, 2.45) is 5.73 Å². The zero-order chi connectivity index (χ0) is 7.11. The Morgan fingerprint density at radius 1 is 1.67 bits per heavy atom. The summed E-state index contributed by atoms with van der Waals surface area (Å²) in [5.74, 6) is 0. The molecule has 0 saturated carbocycles. The molecule has 1 unspecified atom stereocenters. The molecule has 0 rings (SSSR count). The Morgan fingerprint density at radius 2 is 2.33 bits per heavy atom. The molecule has 56 valence electrons. The van der Waals surface area contributed by atoms with Gasteiger partial charge in [-0.05, 0) is 13.0 Å². The van der Waals surface area contributed by atoms with Gasteiger partial charge in [-0.2, -0.15) is 0 Å². The van der Waals surface area contributed by atoms with Gasteiger partial charge in [-0.1, -0.05) is 13.3 Å². The Bertz CT molecular complexity index is 57.0. The zero-order valence-electron chi connectivity index (χ0n) is 5.93. The van der Waals surface area contributed by atoms with Crippen molar-refractivity contribution in [1.82, 2.24) is 5.32 Å². The number of aliphatic hydroxyl groups is 1. The molecule has 0 aromatic heterocycles. The Kier molecular flexibility index (Phi) is 5.93. The fourth-order valence-corrected chi connectivity index (χ4v) is 0.552. The smallest absolute Gasteiger partial charge is 0.115 e. The molecular weight excluding hydrogens is 116 g/mol. The van der Waals surface area contributed by atoms with Gasteiger partial charge in [0.15, 0.2) is 0 Å². The van der Waals surface area contributed by atoms with Crippen molar-refractivity contribution in [3.63, 3.8) is 0 Å². The third kappa shape index (κ3) is 7.88. The third-order valence-electron chi connectivity index (χ3n) is 1.06. The summed E-state index contributed by atoms with van der Waals surface area (Å²) < 4.78 is 0. The van der Waals surface area contributed by atoms with Crippen LogP contribution in [0.3, 0.4) is 0 Å². The van der Waals surface area contributed by atoms with Gasteiger partial charge in [0, 0.05) is 6.54 Å². The number of nitrogens with one attached hydrogen (secondary N) is 1. The van der Waals surface area contributed by atoms with Gasteiger partial charge in [-0.25, -0.2) is 0 Å². The van der Waals surface area contributed by atoms with E-state index in [0.29, 0.717) is 6.54 Å². The van der Waals surface area contributed by atoms with Crippen molar-refractivity contribution in [2.75, 3.05) is 13.1 Å². The minimum absolute atomic E-state index is 0.500. The normalized spacial score (nSPS) is 13.7. The fraction of sp³-hybridized carbons (Fsp3) is 1.00. The lowest BCUT2D eigenvalue weighted by Gasteiger charge is -2.04. The van der Waals surface area contributed by atoms with Gasteiger partial charge in [0.1, 0.15) is 6.23 Å². The van der Waals surface area contributed by atoms with Crippen molar-refractivity contribution in [1.29, 1.82) is 0 Å². The highest BCUT2D eigenvalue weighted by Crippen LogP contribution is 1.81. The Balaban J connectivity index is 2.75. The molecular formula is C6H16N2O. The SMILES string of the molecule is CCCCNCC(N)O. The van der Waals surface area contributed by atoms with E-state index in [2.05, 4.69) is 12.2 Å². The lowest BCUT2D eigenvalue weighted by Crippen LogP contribution is -2.33. The monoisotopic (exact) mass is 132 g/mol. The highest BCUT2D eigenvalue weighted by Gasteiger charge is 1.91. The fourth-order valence-electron chi connectivity index (χ4n) is 0.552. The van der Waals surface area contributed by atoms with Crippen LogP contribution in [-0.2, 0) is 0 Å². The molecule has 0 amide bonds. The molecule has 0 saturated heterocycles. The number of hydrogen-bond donors (Lipinski definition) is 3. The molecule has 9 heavy (non-hydrogen) atoms. The van der Waals surface area contributed by atoms with Crippen LogP contribution >= 0.6 is 0 Å². The molecule has 0 radical (unpaired) electrons. The number of aliphatic hydroxyl groups excluding tert-OH is 1. The second-order valence-electron chi connectivity index (χ2n) is 2.13. The summed E-state index contributed by atoms with van der Waals surface area (Å²) >= 11 is 0. The number of rotatable bonds is 5. The van der Waals surface area contributed by atoms with E-state index in [1.54, 1.807) is 0 Å². The first kappa shape index (κ1) is 8.88. The van der Waals surface area contributed by atoms with Gasteiger partial charge in [0.2, 0.25) is 0 Å². The van der Waals surface area contributed by atoms with E-state index in [-0.39, 0.29) is 0 Å². The maximum absolute atomic E-state index is 8.57. The lowest BCUT2D eigenvalue weighted by atomic mass is 10.3. The van der Waals surface area contributed by atoms with Crippen LogP contribution < -0.4 is 11.1 Å². The van der Waals surface area contributed by atoms with E-state index < -0.39 is 6.23 Å². The van der Waals surface area contributed by atoms with Gasteiger partial charge in [0.05, 0.1) is 0 Å². The summed E-state index contributed by atoms with van der Waals surface area (Å²) in [7, 11) is 0.